The first kappa shape index (κ1) is 11.1. The third-order valence-electron chi connectivity index (χ3n) is 1.33. The van der Waals surface area contributed by atoms with Gasteiger partial charge < -0.3 is 5.32 Å². The third kappa shape index (κ3) is 3.70. The standard InChI is InChI=1S/C8H7Br2NOS/c9-5-1-3-6(4-2-5)11-8(12)7(10)13/h1-4,7,13H,(H,11,12). The molecule has 13 heavy (non-hydrogen) atoms. The van der Waals surface area contributed by atoms with Gasteiger partial charge in [0.25, 0.3) is 0 Å². The molecule has 0 spiro atoms. The van der Waals surface area contributed by atoms with E-state index in [1.807, 2.05) is 24.3 Å². The minimum atomic E-state index is -0.476. The van der Waals surface area contributed by atoms with Crippen LogP contribution in [0.2, 0.25) is 0 Å². The van der Waals surface area contributed by atoms with Gasteiger partial charge in [0.05, 0.1) is 0 Å². The molecule has 1 unspecified atom stereocenters. The number of anilines is 1. The molecule has 0 aliphatic rings. The number of halogens is 2. The lowest BCUT2D eigenvalue weighted by Gasteiger charge is -2.05. The minimum Gasteiger partial charge on any atom is -0.324 e. The molecule has 0 aliphatic carbocycles. The first-order valence-corrected chi connectivity index (χ1v) is 5.70. The lowest BCUT2D eigenvalue weighted by molar-refractivity contribution is -0.114. The van der Waals surface area contributed by atoms with E-state index in [4.69, 9.17) is 0 Å². The maximum absolute atomic E-state index is 11.2. The van der Waals surface area contributed by atoms with Crippen LogP contribution >= 0.6 is 44.5 Å². The fourth-order valence-electron chi connectivity index (χ4n) is 0.735. The highest BCUT2D eigenvalue weighted by Gasteiger charge is 2.08. The van der Waals surface area contributed by atoms with Gasteiger partial charge in [-0.05, 0) is 24.3 Å². The molecule has 0 aliphatic heterocycles. The van der Waals surface area contributed by atoms with Crippen LogP contribution in [-0.4, -0.2) is 10.1 Å². The summed E-state index contributed by atoms with van der Waals surface area (Å²) in [7, 11) is 0. The summed E-state index contributed by atoms with van der Waals surface area (Å²) >= 11 is 10.3. The Morgan fingerprint density at radius 1 is 1.38 bits per heavy atom. The van der Waals surface area contributed by atoms with E-state index in [0.717, 1.165) is 10.2 Å². The zero-order chi connectivity index (χ0) is 9.84. The highest BCUT2D eigenvalue weighted by Crippen LogP contribution is 2.15. The van der Waals surface area contributed by atoms with Gasteiger partial charge >= 0.3 is 0 Å². The first-order chi connectivity index (χ1) is 6.09. The number of alkyl halides is 1. The minimum absolute atomic E-state index is 0.175. The maximum atomic E-state index is 11.2. The van der Waals surface area contributed by atoms with E-state index in [0.29, 0.717) is 0 Å². The van der Waals surface area contributed by atoms with Gasteiger partial charge in [0.15, 0.2) is 0 Å². The van der Waals surface area contributed by atoms with Crippen LogP contribution in [0, 0.1) is 0 Å². The number of thiol groups is 1. The van der Waals surface area contributed by atoms with Crippen LogP contribution in [0.25, 0.3) is 0 Å². The summed E-state index contributed by atoms with van der Waals surface area (Å²) < 4.78 is 0.503. The second-order valence-corrected chi connectivity index (χ2v) is 5.39. The largest absolute Gasteiger partial charge is 0.324 e. The second-order valence-electron chi connectivity index (χ2n) is 2.33. The third-order valence-corrected chi connectivity index (χ3v) is 2.51. The van der Waals surface area contributed by atoms with Crippen LogP contribution in [0.4, 0.5) is 5.69 Å². The van der Waals surface area contributed by atoms with Crippen molar-refractivity contribution in [2.45, 2.75) is 4.16 Å². The molecule has 1 atom stereocenters. The predicted molar refractivity (Wildman–Crippen MR) is 64.5 cm³/mol. The highest BCUT2D eigenvalue weighted by molar-refractivity contribution is 9.11. The molecule has 2 nitrogen and oxygen atoms in total. The average Bonchev–Trinajstić information content (AvgIpc) is 2.08. The normalized spacial score (nSPS) is 12.2. The molecular formula is C8H7Br2NOS. The molecule has 1 N–H and O–H groups in total. The number of hydrogen-bond donors (Lipinski definition) is 2. The van der Waals surface area contributed by atoms with Crippen LogP contribution in [0.5, 0.6) is 0 Å². The Hall–Kier alpha value is -0.000000000000000111. The summed E-state index contributed by atoms with van der Waals surface area (Å²) in [6.45, 7) is 0. The van der Waals surface area contributed by atoms with Crippen molar-refractivity contribution >= 4 is 56.1 Å². The van der Waals surface area contributed by atoms with Crippen molar-refractivity contribution < 1.29 is 4.79 Å². The van der Waals surface area contributed by atoms with Crippen molar-refractivity contribution in [2.75, 3.05) is 5.32 Å². The Labute approximate surface area is 98.8 Å². The summed E-state index contributed by atoms with van der Waals surface area (Å²) in [5, 5.41) is 2.69. The Balaban J connectivity index is 2.65. The highest BCUT2D eigenvalue weighted by atomic mass is 79.9. The molecule has 1 aromatic carbocycles. The first-order valence-electron chi connectivity index (χ1n) is 3.48. The van der Waals surface area contributed by atoms with E-state index in [9.17, 15) is 4.79 Å². The molecule has 0 heterocycles. The number of carbonyl (C=O) groups is 1. The quantitative estimate of drug-likeness (QED) is 0.635. The van der Waals surface area contributed by atoms with Gasteiger partial charge in [-0.3, -0.25) is 4.79 Å². The number of hydrogen-bond acceptors (Lipinski definition) is 2. The summed E-state index contributed by atoms with van der Waals surface area (Å²) in [6.07, 6.45) is 0. The van der Waals surface area contributed by atoms with Gasteiger partial charge in [0, 0.05) is 10.2 Å². The Kier molecular flexibility index (Phi) is 4.28. The average molecular weight is 325 g/mol. The second kappa shape index (κ2) is 5.02. The van der Waals surface area contributed by atoms with Gasteiger partial charge in [-0.2, -0.15) is 12.6 Å². The molecule has 0 fully saturated rings. The van der Waals surface area contributed by atoms with E-state index >= 15 is 0 Å². The molecular weight excluding hydrogens is 318 g/mol. The van der Waals surface area contributed by atoms with E-state index in [-0.39, 0.29) is 5.91 Å². The molecule has 0 saturated heterocycles. The number of carbonyl (C=O) groups excluding carboxylic acids is 1. The molecule has 70 valence electrons. The topological polar surface area (TPSA) is 29.1 Å². The molecule has 1 amide bonds. The SMILES string of the molecule is O=C(Nc1ccc(Br)cc1)C(S)Br. The molecule has 0 bridgehead atoms. The van der Waals surface area contributed by atoms with Crippen molar-refractivity contribution in [3.8, 4) is 0 Å². The van der Waals surface area contributed by atoms with Gasteiger partial charge in [-0.25, -0.2) is 0 Å². The number of rotatable bonds is 2. The van der Waals surface area contributed by atoms with Crippen molar-refractivity contribution in [1.29, 1.82) is 0 Å². The molecule has 5 heteroatoms. The molecule has 1 rings (SSSR count). The number of nitrogens with one attached hydrogen (secondary N) is 1. The van der Waals surface area contributed by atoms with Gasteiger partial charge in [0.2, 0.25) is 5.91 Å². The van der Waals surface area contributed by atoms with Crippen molar-refractivity contribution in [3.05, 3.63) is 28.7 Å². The van der Waals surface area contributed by atoms with Crippen LogP contribution in [0.15, 0.2) is 28.7 Å². The molecule has 1 aromatic rings. The Bertz CT molecular complexity index is 300. The fourth-order valence-corrected chi connectivity index (χ4v) is 1.18. The molecule has 0 aromatic heterocycles. The van der Waals surface area contributed by atoms with Crippen LogP contribution in [0.1, 0.15) is 0 Å². The zero-order valence-corrected chi connectivity index (χ0v) is 10.6. The predicted octanol–water partition coefficient (Wildman–Crippen LogP) is 3.04. The van der Waals surface area contributed by atoms with Crippen LogP contribution in [-0.2, 0) is 4.79 Å². The van der Waals surface area contributed by atoms with E-state index in [1.165, 1.54) is 0 Å². The summed E-state index contributed by atoms with van der Waals surface area (Å²) in [5.74, 6) is -0.175. The molecule has 0 saturated carbocycles. The summed E-state index contributed by atoms with van der Waals surface area (Å²) in [4.78, 5) is 11.2. The van der Waals surface area contributed by atoms with Gasteiger partial charge in [0.1, 0.15) is 4.16 Å². The van der Waals surface area contributed by atoms with Crippen LogP contribution in [0.3, 0.4) is 0 Å². The Morgan fingerprint density at radius 3 is 2.38 bits per heavy atom. The lowest BCUT2D eigenvalue weighted by atomic mass is 10.3. The summed E-state index contributed by atoms with van der Waals surface area (Å²) in [5.41, 5.74) is 0.756. The van der Waals surface area contributed by atoms with Crippen molar-refractivity contribution in [1.82, 2.24) is 0 Å². The smallest absolute Gasteiger partial charge is 0.248 e. The van der Waals surface area contributed by atoms with Gasteiger partial charge in [-0.15, -0.1) is 0 Å². The Morgan fingerprint density at radius 2 is 1.92 bits per heavy atom. The fraction of sp³-hybridized carbons (Fsp3) is 0.125. The monoisotopic (exact) mass is 323 g/mol. The lowest BCUT2D eigenvalue weighted by Crippen LogP contribution is -2.18. The summed E-state index contributed by atoms with van der Waals surface area (Å²) in [6, 6.07) is 7.34. The van der Waals surface area contributed by atoms with Gasteiger partial charge in [-0.1, -0.05) is 31.9 Å². The van der Waals surface area contributed by atoms with E-state index in [1.54, 1.807) is 0 Å². The van der Waals surface area contributed by atoms with E-state index < -0.39 is 4.16 Å². The molecule has 0 radical (unpaired) electrons. The van der Waals surface area contributed by atoms with Crippen molar-refractivity contribution in [2.24, 2.45) is 0 Å². The number of benzene rings is 1. The van der Waals surface area contributed by atoms with Crippen LogP contribution < -0.4 is 5.32 Å². The van der Waals surface area contributed by atoms with Crippen molar-refractivity contribution in [3.63, 3.8) is 0 Å². The van der Waals surface area contributed by atoms with E-state index in [2.05, 4.69) is 49.8 Å². The maximum Gasteiger partial charge on any atom is 0.248 e. The number of amides is 1. The zero-order valence-electron chi connectivity index (χ0n) is 6.50.